The van der Waals surface area contributed by atoms with E-state index in [9.17, 15) is 4.79 Å². The van der Waals surface area contributed by atoms with E-state index in [2.05, 4.69) is 29.2 Å². The third-order valence-corrected chi connectivity index (χ3v) is 6.34. The van der Waals surface area contributed by atoms with Crippen molar-refractivity contribution >= 4 is 11.7 Å². The molecule has 168 valence electrons. The van der Waals surface area contributed by atoms with E-state index in [1.807, 2.05) is 55.1 Å². The number of nitrogens with zero attached hydrogens (tertiary/aromatic N) is 3. The fourth-order valence-electron chi connectivity index (χ4n) is 4.41. The molecule has 2 aliphatic rings. The quantitative estimate of drug-likeness (QED) is 0.788. The van der Waals surface area contributed by atoms with Crippen LogP contribution in [0.3, 0.4) is 0 Å². The molecule has 1 amide bonds. The Labute approximate surface area is 184 Å². The SMILES string of the molecule is Cc1cc(NC(=O)CN(C)C2CCC3(CC2)OCC(C)(C)CO3)nn1-c1ccccc1. The highest BCUT2D eigenvalue weighted by Crippen LogP contribution is 2.40. The van der Waals surface area contributed by atoms with Crippen LogP contribution >= 0.6 is 0 Å². The minimum atomic E-state index is -0.420. The maximum absolute atomic E-state index is 12.6. The Kier molecular flexibility index (Phi) is 6.19. The average molecular weight is 427 g/mol. The highest BCUT2D eigenvalue weighted by molar-refractivity contribution is 5.91. The molecule has 2 fully saturated rings. The molecule has 0 atom stereocenters. The molecule has 1 N–H and O–H groups in total. The van der Waals surface area contributed by atoms with Gasteiger partial charge in [0.15, 0.2) is 11.6 Å². The fraction of sp³-hybridized carbons (Fsp3) is 0.583. The van der Waals surface area contributed by atoms with Crippen LogP contribution in [-0.4, -0.2) is 59.2 Å². The van der Waals surface area contributed by atoms with E-state index in [0.29, 0.717) is 18.4 Å². The summed E-state index contributed by atoms with van der Waals surface area (Å²) in [6.07, 6.45) is 3.68. The van der Waals surface area contributed by atoms with Gasteiger partial charge in [-0.1, -0.05) is 32.0 Å². The maximum Gasteiger partial charge on any atom is 0.239 e. The number of rotatable bonds is 5. The molecule has 0 unspecified atom stereocenters. The second-order valence-electron chi connectivity index (χ2n) is 9.77. The molecule has 1 aromatic carbocycles. The van der Waals surface area contributed by atoms with Crippen molar-refractivity contribution in [1.29, 1.82) is 0 Å². The zero-order chi connectivity index (χ0) is 22.1. The standard InChI is InChI=1S/C24H34N4O3/c1-18-14-21(26-28(18)20-8-6-5-7-9-20)25-22(29)15-27(4)19-10-12-24(13-11-19)30-16-23(2,3)17-31-24/h5-9,14,19H,10-13,15-17H2,1-4H3,(H,25,26,29). The Bertz CT molecular complexity index is 889. The maximum atomic E-state index is 12.6. The van der Waals surface area contributed by atoms with E-state index < -0.39 is 5.79 Å². The lowest BCUT2D eigenvalue weighted by Crippen LogP contribution is -2.52. The number of anilines is 1. The van der Waals surface area contributed by atoms with Crippen LogP contribution in [0.1, 0.15) is 45.2 Å². The third kappa shape index (κ3) is 5.17. The number of aromatic nitrogens is 2. The summed E-state index contributed by atoms with van der Waals surface area (Å²) in [6, 6.07) is 12.2. The third-order valence-electron chi connectivity index (χ3n) is 6.34. The van der Waals surface area contributed by atoms with Crippen LogP contribution < -0.4 is 5.32 Å². The van der Waals surface area contributed by atoms with Crippen LogP contribution in [0, 0.1) is 12.3 Å². The van der Waals surface area contributed by atoms with Crippen LogP contribution in [0.2, 0.25) is 0 Å². The number of benzene rings is 1. The Hall–Kier alpha value is -2.22. The van der Waals surface area contributed by atoms with Crippen molar-refractivity contribution in [3.05, 3.63) is 42.1 Å². The Morgan fingerprint density at radius 1 is 1.19 bits per heavy atom. The summed E-state index contributed by atoms with van der Waals surface area (Å²) >= 11 is 0. The Balaban J connectivity index is 1.28. The van der Waals surface area contributed by atoms with Gasteiger partial charge in [0.05, 0.1) is 25.4 Å². The van der Waals surface area contributed by atoms with Crippen molar-refractivity contribution in [3.8, 4) is 5.69 Å². The molecule has 1 spiro atoms. The van der Waals surface area contributed by atoms with Crippen LogP contribution in [0.25, 0.3) is 5.69 Å². The molecule has 1 aliphatic carbocycles. The molecule has 7 nitrogen and oxygen atoms in total. The van der Waals surface area contributed by atoms with Gasteiger partial charge >= 0.3 is 0 Å². The topological polar surface area (TPSA) is 68.6 Å². The molecule has 1 aromatic heterocycles. The number of amides is 1. The first kappa shape index (κ1) is 22.0. The van der Waals surface area contributed by atoms with E-state index in [-0.39, 0.29) is 11.3 Å². The molecule has 0 bridgehead atoms. The van der Waals surface area contributed by atoms with Crippen LogP contribution in [0.15, 0.2) is 36.4 Å². The molecule has 1 aliphatic heterocycles. The predicted octanol–water partition coefficient (Wildman–Crippen LogP) is 3.76. The molecule has 4 rings (SSSR count). The summed E-state index contributed by atoms with van der Waals surface area (Å²) in [7, 11) is 2.02. The average Bonchev–Trinajstić information content (AvgIpc) is 3.11. The molecule has 31 heavy (non-hydrogen) atoms. The van der Waals surface area contributed by atoms with Gasteiger partial charge in [-0.05, 0) is 38.9 Å². The number of hydrogen-bond donors (Lipinski definition) is 1. The molecular weight excluding hydrogens is 392 g/mol. The highest BCUT2D eigenvalue weighted by atomic mass is 16.7. The monoisotopic (exact) mass is 426 g/mol. The van der Waals surface area contributed by atoms with Crippen molar-refractivity contribution in [2.45, 2.75) is 58.3 Å². The van der Waals surface area contributed by atoms with E-state index in [1.165, 1.54) is 0 Å². The normalized spacial score (nSPS) is 20.8. The minimum Gasteiger partial charge on any atom is -0.349 e. The second kappa shape index (κ2) is 8.73. The number of likely N-dealkylation sites (N-methyl/N-ethyl adjacent to an activating group) is 1. The summed E-state index contributed by atoms with van der Waals surface area (Å²) in [4.78, 5) is 14.8. The van der Waals surface area contributed by atoms with Gasteiger partial charge in [-0.3, -0.25) is 9.69 Å². The number of nitrogens with one attached hydrogen (secondary N) is 1. The van der Waals surface area contributed by atoms with E-state index in [0.717, 1.165) is 50.3 Å². The van der Waals surface area contributed by atoms with Gasteiger partial charge in [0.25, 0.3) is 0 Å². The van der Waals surface area contributed by atoms with Crippen molar-refractivity contribution < 1.29 is 14.3 Å². The number of carbonyl (C=O) groups excluding carboxylic acids is 1. The fourth-order valence-corrected chi connectivity index (χ4v) is 4.41. The van der Waals surface area contributed by atoms with Gasteiger partial charge in [-0.25, -0.2) is 4.68 Å². The highest BCUT2D eigenvalue weighted by Gasteiger charge is 2.43. The van der Waals surface area contributed by atoms with Gasteiger partial charge in [-0.2, -0.15) is 0 Å². The summed E-state index contributed by atoms with van der Waals surface area (Å²) < 4.78 is 14.1. The van der Waals surface area contributed by atoms with Crippen molar-refractivity contribution in [2.75, 3.05) is 32.1 Å². The zero-order valence-corrected chi connectivity index (χ0v) is 19.1. The zero-order valence-electron chi connectivity index (χ0n) is 19.1. The lowest BCUT2D eigenvalue weighted by molar-refractivity contribution is -0.312. The van der Waals surface area contributed by atoms with Gasteiger partial charge in [-0.15, -0.1) is 5.10 Å². The van der Waals surface area contributed by atoms with E-state index >= 15 is 0 Å². The number of ether oxygens (including phenoxy) is 2. The smallest absolute Gasteiger partial charge is 0.239 e. The van der Waals surface area contributed by atoms with Crippen molar-refractivity contribution in [2.24, 2.45) is 5.41 Å². The van der Waals surface area contributed by atoms with Crippen LogP contribution in [0.5, 0.6) is 0 Å². The Morgan fingerprint density at radius 3 is 2.48 bits per heavy atom. The molecule has 1 saturated heterocycles. The van der Waals surface area contributed by atoms with Gasteiger partial charge in [0, 0.05) is 36.1 Å². The van der Waals surface area contributed by atoms with Gasteiger partial charge in [0.2, 0.25) is 5.91 Å². The summed E-state index contributed by atoms with van der Waals surface area (Å²) in [5.74, 6) is 0.109. The molecule has 2 heterocycles. The first-order chi connectivity index (χ1) is 14.8. The molecule has 2 aromatic rings. The van der Waals surface area contributed by atoms with E-state index in [1.54, 1.807) is 0 Å². The summed E-state index contributed by atoms with van der Waals surface area (Å²) in [6.45, 7) is 8.14. The molecular formula is C24H34N4O3. The molecule has 7 heteroatoms. The molecule has 0 radical (unpaired) electrons. The second-order valence-corrected chi connectivity index (χ2v) is 9.77. The number of aryl methyl sites for hydroxylation is 1. The van der Waals surface area contributed by atoms with Crippen molar-refractivity contribution in [1.82, 2.24) is 14.7 Å². The van der Waals surface area contributed by atoms with E-state index in [4.69, 9.17) is 9.47 Å². The number of hydrogen-bond acceptors (Lipinski definition) is 5. The van der Waals surface area contributed by atoms with Gasteiger partial charge < -0.3 is 14.8 Å². The van der Waals surface area contributed by atoms with Crippen molar-refractivity contribution in [3.63, 3.8) is 0 Å². The van der Waals surface area contributed by atoms with Crippen LogP contribution in [0.4, 0.5) is 5.82 Å². The minimum absolute atomic E-state index is 0.0487. The summed E-state index contributed by atoms with van der Waals surface area (Å²) in [5.41, 5.74) is 2.04. The first-order valence-corrected chi connectivity index (χ1v) is 11.2. The Morgan fingerprint density at radius 2 is 1.84 bits per heavy atom. The first-order valence-electron chi connectivity index (χ1n) is 11.2. The molecule has 1 saturated carbocycles. The predicted molar refractivity (Wildman–Crippen MR) is 120 cm³/mol. The lowest BCUT2D eigenvalue weighted by Gasteiger charge is -2.47. The summed E-state index contributed by atoms with van der Waals surface area (Å²) in [5, 5.41) is 7.49. The number of carbonyl (C=O) groups is 1. The largest absolute Gasteiger partial charge is 0.349 e. The van der Waals surface area contributed by atoms with Crippen LogP contribution in [-0.2, 0) is 14.3 Å². The van der Waals surface area contributed by atoms with Gasteiger partial charge in [0.1, 0.15) is 0 Å². The lowest BCUT2D eigenvalue weighted by atomic mass is 9.86. The number of para-hydroxylation sites is 1.